The molecule has 1 heterocycles. The first kappa shape index (κ1) is 21.4. The number of imidazole rings is 1. The number of ether oxygens (including phenoxy) is 1. The molecule has 0 saturated heterocycles. The highest BCUT2D eigenvalue weighted by Crippen LogP contribution is 2.19. The van der Waals surface area contributed by atoms with Gasteiger partial charge >= 0.3 is 0 Å². The molecule has 2 N–H and O–H groups in total. The topological polar surface area (TPSA) is 85.2 Å². The molecule has 1 aromatic heterocycles. The van der Waals surface area contributed by atoms with Crippen molar-refractivity contribution in [3.05, 3.63) is 89.2 Å². The number of carbonyl (C=O) groups excluding carboxylic acids is 2. The summed E-state index contributed by atoms with van der Waals surface area (Å²) in [5.41, 5.74) is 2.69. The number of nitrogens with one attached hydrogen (secondary N) is 2. The zero-order valence-electron chi connectivity index (χ0n) is 17.3. The number of nitrogens with zero attached hydrogens (tertiary/aromatic N) is 2. The van der Waals surface area contributed by atoms with Crippen LogP contribution in [0.5, 0.6) is 5.75 Å². The molecule has 0 aliphatic carbocycles. The van der Waals surface area contributed by atoms with Gasteiger partial charge in [0.15, 0.2) is 0 Å². The zero-order valence-corrected chi connectivity index (χ0v) is 18.1. The summed E-state index contributed by atoms with van der Waals surface area (Å²) in [4.78, 5) is 29.9. The highest BCUT2D eigenvalue weighted by molar-refractivity contribution is 6.30. The Morgan fingerprint density at radius 2 is 1.81 bits per heavy atom. The molecule has 4 rings (SSSR count). The molecule has 0 saturated carbocycles. The highest BCUT2D eigenvalue weighted by atomic mass is 35.5. The molecule has 2 amide bonds. The predicted octanol–water partition coefficient (Wildman–Crippen LogP) is 4.27. The van der Waals surface area contributed by atoms with E-state index in [9.17, 15) is 9.59 Å². The molecule has 32 heavy (non-hydrogen) atoms. The van der Waals surface area contributed by atoms with Crippen LogP contribution in [0.15, 0.2) is 72.8 Å². The minimum Gasteiger partial charge on any atom is -0.497 e. The molecule has 0 fully saturated rings. The second-order valence-electron chi connectivity index (χ2n) is 7.07. The Morgan fingerprint density at radius 1 is 1.03 bits per heavy atom. The largest absolute Gasteiger partial charge is 0.497 e. The predicted molar refractivity (Wildman–Crippen MR) is 124 cm³/mol. The molecule has 0 aliphatic rings. The maximum atomic E-state index is 12.8. The van der Waals surface area contributed by atoms with Gasteiger partial charge in [-0.25, -0.2) is 4.98 Å². The molecular formula is C24H21ClN4O3. The van der Waals surface area contributed by atoms with E-state index in [4.69, 9.17) is 16.3 Å². The molecule has 0 aliphatic heterocycles. The first-order chi connectivity index (χ1) is 15.5. The number of carbonyl (C=O) groups is 2. The Kier molecular flexibility index (Phi) is 6.37. The Morgan fingerprint density at radius 3 is 2.59 bits per heavy atom. The third kappa shape index (κ3) is 4.90. The van der Waals surface area contributed by atoms with Crippen molar-refractivity contribution in [1.29, 1.82) is 0 Å². The molecule has 162 valence electrons. The normalized spacial score (nSPS) is 10.7. The number of halogens is 1. The zero-order chi connectivity index (χ0) is 22.5. The number of methoxy groups -OCH3 is 1. The number of anilines is 1. The van der Waals surface area contributed by atoms with Gasteiger partial charge in [0.1, 0.15) is 18.1 Å². The van der Waals surface area contributed by atoms with E-state index in [0.29, 0.717) is 27.8 Å². The van der Waals surface area contributed by atoms with Crippen LogP contribution in [-0.2, 0) is 17.9 Å². The summed E-state index contributed by atoms with van der Waals surface area (Å²) < 4.78 is 7.00. The molecule has 0 spiro atoms. The van der Waals surface area contributed by atoms with Crippen LogP contribution in [-0.4, -0.2) is 28.5 Å². The van der Waals surface area contributed by atoms with Gasteiger partial charge in [0.05, 0.1) is 24.7 Å². The van der Waals surface area contributed by atoms with Crippen LogP contribution in [0, 0.1) is 0 Å². The molecular weight excluding hydrogens is 428 g/mol. The second kappa shape index (κ2) is 9.53. The van der Waals surface area contributed by atoms with Crippen LogP contribution >= 0.6 is 11.6 Å². The van der Waals surface area contributed by atoms with Crippen molar-refractivity contribution in [3.63, 3.8) is 0 Å². The third-order valence-electron chi connectivity index (χ3n) is 4.90. The summed E-state index contributed by atoms with van der Waals surface area (Å²) >= 11 is 5.89. The Labute approximate surface area is 190 Å². The van der Waals surface area contributed by atoms with Crippen molar-refractivity contribution in [2.24, 2.45) is 0 Å². The van der Waals surface area contributed by atoms with E-state index < -0.39 is 0 Å². The first-order valence-corrected chi connectivity index (χ1v) is 10.3. The number of aromatic nitrogens is 2. The summed E-state index contributed by atoms with van der Waals surface area (Å²) in [6.45, 7) is 0.215. The fraction of sp³-hybridized carbons (Fsp3) is 0.125. The molecule has 8 heteroatoms. The van der Waals surface area contributed by atoms with Crippen molar-refractivity contribution < 1.29 is 14.3 Å². The van der Waals surface area contributed by atoms with Gasteiger partial charge in [0.25, 0.3) is 5.91 Å². The average Bonchev–Trinajstić information content (AvgIpc) is 3.15. The van der Waals surface area contributed by atoms with Crippen molar-refractivity contribution in [3.8, 4) is 5.75 Å². The number of amides is 2. The minimum absolute atomic E-state index is 0.0455. The lowest BCUT2D eigenvalue weighted by Gasteiger charge is -2.11. The number of para-hydroxylation sites is 2. The highest BCUT2D eigenvalue weighted by Gasteiger charge is 2.15. The van der Waals surface area contributed by atoms with Gasteiger partial charge in [-0.15, -0.1) is 0 Å². The maximum absolute atomic E-state index is 12.8. The van der Waals surface area contributed by atoms with Crippen LogP contribution < -0.4 is 15.4 Å². The fourth-order valence-electron chi connectivity index (χ4n) is 3.34. The molecule has 0 radical (unpaired) electrons. The lowest BCUT2D eigenvalue weighted by Crippen LogP contribution is -2.26. The molecule has 7 nitrogen and oxygen atoms in total. The standard InChI is InChI=1S/C24H21ClN4O3/c1-32-19-6-4-5-18(13-19)27-23(30)15-29-21-8-3-2-7-20(21)28-22(29)14-26-24(31)16-9-11-17(25)12-10-16/h2-13H,14-15H2,1H3,(H,26,31)(H,27,30). The number of hydrogen-bond acceptors (Lipinski definition) is 4. The van der Waals surface area contributed by atoms with Crippen molar-refractivity contribution in [2.75, 3.05) is 12.4 Å². The van der Waals surface area contributed by atoms with E-state index in [0.717, 1.165) is 11.0 Å². The number of rotatable bonds is 7. The van der Waals surface area contributed by atoms with Crippen molar-refractivity contribution in [1.82, 2.24) is 14.9 Å². The monoisotopic (exact) mass is 448 g/mol. The van der Waals surface area contributed by atoms with Crippen LogP contribution in [0.2, 0.25) is 5.02 Å². The fourth-order valence-corrected chi connectivity index (χ4v) is 3.47. The minimum atomic E-state index is -0.249. The molecule has 0 atom stereocenters. The van der Waals surface area contributed by atoms with Crippen LogP contribution in [0.25, 0.3) is 11.0 Å². The van der Waals surface area contributed by atoms with Gasteiger partial charge in [-0.05, 0) is 48.5 Å². The van der Waals surface area contributed by atoms with E-state index >= 15 is 0 Å². The smallest absolute Gasteiger partial charge is 0.251 e. The second-order valence-corrected chi connectivity index (χ2v) is 7.51. The van der Waals surface area contributed by atoms with Gasteiger partial charge in [0.2, 0.25) is 5.91 Å². The average molecular weight is 449 g/mol. The van der Waals surface area contributed by atoms with Crippen molar-refractivity contribution >= 4 is 40.1 Å². The van der Waals surface area contributed by atoms with Gasteiger partial charge in [-0.3, -0.25) is 9.59 Å². The van der Waals surface area contributed by atoms with E-state index in [2.05, 4.69) is 15.6 Å². The molecule has 0 bridgehead atoms. The van der Waals surface area contributed by atoms with Crippen molar-refractivity contribution in [2.45, 2.75) is 13.1 Å². The Hall–Kier alpha value is -3.84. The van der Waals surface area contributed by atoms with E-state index in [1.807, 2.05) is 24.3 Å². The maximum Gasteiger partial charge on any atom is 0.251 e. The summed E-state index contributed by atoms with van der Waals surface area (Å²) in [6.07, 6.45) is 0. The first-order valence-electron chi connectivity index (χ1n) is 9.95. The Balaban J connectivity index is 1.52. The van der Waals surface area contributed by atoms with Gasteiger partial charge < -0.3 is 19.9 Å². The number of fused-ring (bicyclic) bond motifs is 1. The number of benzene rings is 3. The molecule has 0 unspecified atom stereocenters. The molecule has 3 aromatic carbocycles. The third-order valence-corrected chi connectivity index (χ3v) is 5.15. The quantitative estimate of drug-likeness (QED) is 0.442. The lowest BCUT2D eigenvalue weighted by atomic mass is 10.2. The van der Waals surface area contributed by atoms with Gasteiger partial charge in [-0.2, -0.15) is 0 Å². The summed E-state index contributed by atoms with van der Waals surface area (Å²) in [5.74, 6) is 0.767. The summed E-state index contributed by atoms with van der Waals surface area (Å²) in [7, 11) is 1.57. The van der Waals surface area contributed by atoms with E-state index in [-0.39, 0.29) is 24.9 Å². The van der Waals surface area contributed by atoms with Crippen LogP contribution in [0.1, 0.15) is 16.2 Å². The van der Waals surface area contributed by atoms with E-state index in [1.54, 1.807) is 60.2 Å². The van der Waals surface area contributed by atoms with Gasteiger partial charge in [-0.1, -0.05) is 29.8 Å². The van der Waals surface area contributed by atoms with Gasteiger partial charge in [0, 0.05) is 22.3 Å². The van der Waals surface area contributed by atoms with Crippen LogP contribution in [0.3, 0.4) is 0 Å². The van der Waals surface area contributed by atoms with Crippen LogP contribution in [0.4, 0.5) is 5.69 Å². The Bertz CT molecular complexity index is 1270. The lowest BCUT2D eigenvalue weighted by molar-refractivity contribution is -0.116. The summed E-state index contributed by atoms with van der Waals surface area (Å²) in [6, 6.07) is 21.3. The summed E-state index contributed by atoms with van der Waals surface area (Å²) in [5, 5.41) is 6.30. The molecule has 4 aromatic rings. The number of hydrogen-bond donors (Lipinski definition) is 2. The SMILES string of the molecule is COc1cccc(NC(=O)Cn2c(CNC(=O)c3ccc(Cl)cc3)nc3ccccc32)c1. The van der Waals surface area contributed by atoms with E-state index in [1.165, 1.54) is 0 Å².